The minimum atomic E-state index is -0.527. The van der Waals surface area contributed by atoms with Crippen LogP contribution in [-0.2, 0) is 11.2 Å². The molecule has 1 aromatic heterocycles. The van der Waals surface area contributed by atoms with Crippen LogP contribution < -0.4 is 16.0 Å². The van der Waals surface area contributed by atoms with E-state index in [-0.39, 0.29) is 0 Å². The zero-order valence-electron chi connectivity index (χ0n) is 9.69. The van der Waals surface area contributed by atoms with Gasteiger partial charge in [-0.05, 0) is 6.92 Å². The first-order chi connectivity index (χ1) is 8.13. The number of nitrogens with zero attached hydrogens (tertiary/aromatic N) is 2. The van der Waals surface area contributed by atoms with E-state index in [4.69, 9.17) is 4.52 Å². The van der Waals surface area contributed by atoms with E-state index in [0.717, 1.165) is 0 Å². The summed E-state index contributed by atoms with van der Waals surface area (Å²) in [7, 11) is 1.44. The summed E-state index contributed by atoms with van der Waals surface area (Å²) in [4.78, 5) is 26.1. The predicted octanol–water partition coefficient (Wildman–Crippen LogP) is -0.954. The Bertz CT molecular complexity index is 365. The molecule has 0 saturated heterocycles. The maximum Gasteiger partial charge on any atom is 0.321 e. The fourth-order valence-electron chi connectivity index (χ4n) is 1.08. The molecule has 0 bridgehead atoms. The smallest absolute Gasteiger partial charge is 0.321 e. The molecule has 1 unspecified atom stereocenters. The monoisotopic (exact) mass is 241 g/mol. The molecule has 0 aliphatic carbocycles. The summed E-state index contributed by atoms with van der Waals surface area (Å²) in [6, 6.07) is -1.00. The fraction of sp³-hybridized carbons (Fsp3) is 0.556. The molecular formula is C9H15N5O3. The molecule has 0 aliphatic rings. The van der Waals surface area contributed by atoms with Crippen LogP contribution in [0.4, 0.5) is 4.79 Å². The number of carbonyl (C=O) groups excluding carboxylic acids is 2. The number of hydrogen-bond acceptors (Lipinski definition) is 6. The van der Waals surface area contributed by atoms with E-state index >= 15 is 0 Å². The third-order valence-electron chi connectivity index (χ3n) is 2.05. The molecule has 3 N–H and O–H groups in total. The van der Waals surface area contributed by atoms with Crippen molar-refractivity contribution in [1.82, 2.24) is 26.1 Å². The van der Waals surface area contributed by atoms with E-state index in [1.165, 1.54) is 13.4 Å². The molecule has 0 aromatic carbocycles. The van der Waals surface area contributed by atoms with Crippen molar-refractivity contribution in [3.05, 3.63) is 12.2 Å². The first kappa shape index (κ1) is 13.1. The van der Waals surface area contributed by atoms with E-state index < -0.39 is 18.0 Å². The van der Waals surface area contributed by atoms with E-state index in [9.17, 15) is 9.59 Å². The van der Waals surface area contributed by atoms with Crippen molar-refractivity contribution in [2.45, 2.75) is 19.4 Å². The van der Waals surface area contributed by atoms with Gasteiger partial charge in [0.1, 0.15) is 0 Å². The SMILES string of the molecule is CNC(=O)NC(=O)C(C)NCCc1ncno1. The van der Waals surface area contributed by atoms with Gasteiger partial charge in [-0.15, -0.1) is 0 Å². The number of nitrogens with one attached hydrogen (secondary N) is 3. The molecule has 0 radical (unpaired) electrons. The molecule has 94 valence electrons. The van der Waals surface area contributed by atoms with Crippen LogP contribution in [0.25, 0.3) is 0 Å². The number of imide groups is 1. The van der Waals surface area contributed by atoms with Gasteiger partial charge >= 0.3 is 6.03 Å². The second-order valence-electron chi connectivity index (χ2n) is 3.33. The Kier molecular flexibility index (Phi) is 5.08. The lowest BCUT2D eigenvalue weighted by molar-refractivity contribution is -0.121. The van der Waals surface area contributed by atoms with Crippen molar-refractivity contribution < 1.29 is 14.1 Å². The van der Waals surface area contributed by atoms with Gasteiger partial charge in [0, 0.05) is 20.0 Å². The summed E-state index contributed by atoms with van der Waals surface area (Å²) < 4.78 is 4.79. The molecule has 0 fully saturated rings. The van der Waals surface area contributed by atoms with Gasteiger partial charge in [0.15, 0.2) is 6.33 Å². The van der Waals surface area contributed by atoms with Gasteiger partial charge < -0.3 is 15.2 Å². The fourth-order valence-corrected chi connectivity index (χ4v) is 1.08. The molecule has 17 heavy (non-hydrogen) atoms. The summed E-state index contributed by atoms with van der Waals surface area (Å²) in [6.07, 6.45) is 1.84. The molecule has 1 atom stereocenters. The Labute approximate surface area is 98.1 Å². The third-order valence-corrected chi connectivity index (χ3v) is 2.05. The maximum absolute atomic E-state index is 11.4. The highest BCUT2D eigenvalue weighted by Gasteiger charge is 2.14. The molecule has 0 saturated carbocycles. The van der Waals surface area contributed by atoms with Gasteiger partial charge in [0.2, 0.25) is 11.8 Å². The number of hydrogen-bond donors (Lipinski definition) is 3. The van der Waals surface area contributed by atoms with Crippen LogP contribution in [0.1, 0.15) is 12.8 Å². The van der Waals surface area contributed by atoms with Gasteiger partial charge in [0.05, 0.1) is 6.04 Å². The first-order valence-electron chi connectivity index (χ1n) is 5.15. The minimum absolute atomic E-state index is 0.394. The highest BCUT2D eigenvalue weighted by molar-refractivity contribution is 5.96. The topological polar surface area (TPSA) is 109 Å². The number of carbonyl (C=O) groups is 2. The largest absolute Gasteiger partial charge is 0.341 e. The Balaban J connectivity index is 2.22. The van der Waals surface area contributed by atoms with Gasteiger partial charge in [-0.2, -0.15) is 4.98 Å². The molecule has 8 nitrogen and oxygen atoms in total. The lowest BCUT2D eigenvalue weighted by Gasteiger charge is -2.12. The normalized spacial score (nSPS) is 11.9. The number of urea groups is 1. The standard InChI is InChI=1S/C9H15N5O3/c1-6(8(15)14-9(16)10-2)11-4-3-7-12-5-13-17-7/h5-6,11H,3-4H2,1-2H3,(H2,10,14,15,16). The van der Waals surface area contributed by atoms with Gasteiger partial charge in [-0.3, -0.25) is 10.1 Å². The van der Waals surface area contributed by atoms with Crippen molar-refractivity contribution in [2.75, 3.05) is 13.6 Å². The average Bonchev–Trinajstić information content (AvgIpc) is 2.81. The van der Waals surface area contributed by atoms with Gasteiger partial charge in [-0.25, -0.2) is 4.79 Å². The van der Waals surface area contributed by atoms with E-state index in [1.807, 2.05) is 0 Å². The van der Waals surface area contributed by atoms with Crippen molar-refractivity contribution in [3.8, 4) is 0 Å². The number of aromatic nitrogens is 2. The molecule has 1 aromatic rings. The molecule has 1 rings (SSSR count). The molecule has 3 amide bonds. The van der Waals surface area contributed by atoms with Crippen LogP contribution in [-0.4, -0.2) is 41.7 Å². The quantitative estimate of drug-likeness (QED) is 0.613. The van der Waals surface area contributed by atoms with Crippen LogP contribution in [0, 0.1) is 0 Å². The zero-order valence-corrected chi connectivity index (χ0v) is 9.69. The first-order valence-corrected chi connectivity index (χ1v) is 5.15. The highest BCUT2D eigenvalue weighted by Crippen LogP contribution is 1.91. The second-order valence-corrected chi connectivity index (χ2v) is 3.33. The summed E-state index contributed by atoms with van der Waals surface area (Å²) in [5.74, 6) is 0.103. The lowest BCUT2D eigenvalue weighted by atomic mass is 10.3. The summed E-state index contributed by atoms with van der Waals surface area (Å²) >= 11 is 0. The average molecular weight is 241 g/mol. The van der Waals surface area contributed by atoms with Crippen LogP contribution in [0.15, 0.2) is 10.9 Å². The number of rotatable bonds is 5. The van der Waals surface area contributed by atoms with Gasteiger partial charge in [0.25, 0.3) is 0 Å². The Morgan fingerprint density at radius 2 is 2.29 bits per heavy atom. The second kappa shape index (κ2) is 6.59. The van der Waals surface area contributed by atoms with Crippen LogP contribution >= 0.6 is 0 Å². The summed E-state index contributed by atoms with van der Waals surface area (Å²) in [6.45, 7) is 2.16. The van der Waals surface area contributed by atoms with E-state index in [2.05, 4.69) is 26.1 Å². The molecule has 0 spiro atoms. The number of amides is 3. The summed E-state index contributed by atoms with van der Waals surface area (Å²) in [5, 5.41) is 10.9. The Morgan fingerprint density at radius 3 is 2.88 bits per heavy atom. The van der Waals surface area contributed by atoms with Crippen molar-refractivity contribution in [1.29, 1.82) is 0 Å². The predicted molar refractivity (Wildman–Crippen MR) is 58.1 cm³/mol. The van der Waals surface area contributed by atoms with Crippen molar-refractivity contribution in [3.63, 3.8) is 0 Å². The third kappa shape index (κ3) is 4.60. The maximum atomic E-state index is 11.4. The zero-order chi connectivity index (χ0) is 12.7. The summed E-state index contributed by atoms with van der Waals surface area (Å²) in [5.41, 5.74) is 0. The molecular weight excluding hydrogens is 226 g/mol. The van der Waals surface area contributed by atoms with E-state index in [0.29, 0.717) is 18.9 Å². The van der Waals surface area contributed by atoms with Crippen LogP contribution in [0.3, 0.4) is 0 Å². The molecule has 0 aliphatic heterocycles. The Morgan fingerprint density at radius 1 is 1.53 bits per heavy atom. The highest BCUT2D eigenvalue weighted by atomic mass is 16.5. The van der Waals surface area contributed by atoms with Crippen molar-refractivity contribution >= 4 is 11.9 Å². The van der Waals surface area contributed by atoms with Crippen molar-refractivity contribution in [2.24, 2.45) is 0 Å². The van der Waals surface area contributed by atoms with Gasteiger partial charge in [-0.1, -0.05) is 5.16 Å². The minimum Gasteiger partial charge on any atom is -0.341 e. The Hall–Kier alpha value is -1.96. The van der Waals surface area contributed by atoms with Crippen LogP contribution in [0.2, 0.25) is 0 Å². The lowest BCUT2D eigenvalue weighted by Crippen LogP contribution is -2.47. The molecule has 1 heterocycles. The van der Waals surface area contributed by atoms with Crippen LogP contribution in [0.5, 0.6) is 0 Å². The molecule has 8 heteroatoms. The van der Waals surface area contributed by atoms with E-state index in [1.54, 1.807) is 6.92 Å².